The quantitative estimate of drug-likeness (QED) is 0.886. The Bertz CT molecular complexity index is 509. The third kappa shape index (κ3) is 2.89. The van der Waals surface area contributed by atoms with Crippen molar-refractivity contribution in [2.24, 2.45) is 0 Å². The lowest BCUT2D eigenvalue weighted by atomic mass is 9.79. The molecule has 1 aliphatic heterocycles. The van der Waals surface area contributed by atoms with E-state index < -0.39 is 0 Å². The van der Waals surface area contributed by atoms with Crippen LogP contribution in [0.5, 0.6) is 5.75 Å². The van der Waals surface area contributed by atoms with Gasteiger partial charge in [0.25, 0.3) is 0 Å². The highest BCUT2D eigenvalue weighted by molar-refractivity contribution is 5.74. The maximum atomic E-state index is 11.8. The number of hydrogen-bond donors (Lipinski definition) is 2. The van der Waals surface area contributed by atoms with Gasteiger partial charge in [-0.15, -0.1) is 0 Å². The number of ether oxygens (including phenoxy) is 1. The molecule has 20 heavy (non-hydrogen) atoms. The van der Waals surface area contributed by atoms with Crippen LogP contribution in [0.25, 0.3) is 0 Å². The molecular formula is C16H22N2O2. The van der Waals surface area contributed by atoms with Crippen molar-refractivity contribution in [3.8, 4) is 5.75 Å². The average Bonchev–Trinajstić information content (AvgIpc) is 2.84. The minimum absolute atomic E-state index is 0.0228. The van der Waals surface area contributed by atoms with Gasteiger partial charge in [-0.1, -0.05) is 12.1 Å². The van der Waals surface area contributed by atoms with E-state index in [1.807, 2.05) is 6.07 Å². The number of hydrogen-bond acceptors (Lipinski definition) is 2. The van der Waals surface area contributed by atoms with E-state index in [0.717, 1.165) is 38.0 Å². The summed E-state index contributed by atoms with van der Waals surface area (Å²) in [6.07, 6.45) is 5.25. The van der Waals surface area contributed by atoms with Crippen LogP contribution in [0.3, 0.4) is 0 Å². The molecule has 0 radical (unpaired) electrons. The molecule has 0 bridgehead atoms. The lowest BCUT2D eigenvalue weighted by Gasteiger charge is -2.39. The molecule has 1 heterocycles. The largest absolute Gasteiger partial charge is 0.493 e. The Labute approximate surface area is 119 Å². The van der Waals surface area contributed by atoms with Crippen molar-refractivity contribution in [2.75, 3.05) is 13.2 Å². The van der Waals surface area contributed by atoms with E-state index in [2.05, 4.69) is 29.7 Å². The van der Waals surface area contributed by atoms with Gasteiger partial charge in [0.1, 0.15) is 5.75 Å². The van der Waals surface area contributed by atoms with Gasteiger partial charge >= 0.3 is 6.03 Å². The molecule has 108 valence electrons. The third-order valence-corrected chi connectivity index (χ3v) is 4.33. The monoisotopic (exact) mass is 274 g/mol. The molecule has 0 spiro atoms. The Kier molecular flexibility index (Phi) is 3.55. The maximum absolute atomic E-state index is 11.8. The number of amides is 2. The number of carbonyl (C=O) groups excluding carboxylic acids is 1. The zero-order valence-corrected chi connectivity index (χ0v) is 12.0. The number of nitrogens with one attached hydrogen (secondary N) is 2. The van der Waals surface area contributed by atoms with Crippen LogP contribution in [0.2, 0.25) is 0 Å². The standard InChI is InChI=1S/C16H22N2O2/c1-16(7-2-8-16)18-15(19)17-9-5-12-3-4-14-13(11-12)6-10-20-14/h3-4,11H,2,5-10H2,1H3,(H2,17,18,19). The summed E-state index contributed by atoms with van der Waals surface area (Å²) in [6, 6.07) is 6.26. The molecule has 1 saturated carbocycles. The van der Waals surface area contributed by atoms with Gasteiger partial charge < -0.3 is 15.4 Å². The first kappa shape index (κ1) is 13.3. The Morgan fingerprint density at radius 2 is 2.25 bits per heavy atom. The number of fused-ring (bicyclic) bond motifs is 1. The summed E-state index contributed by atoms with van der Waals surface area (Å²) in [5.41, 5.74) is 2.56. The van der Waals surface area contributed by atoms with Crippen LogP contribution in [-0.2, 0) is 12.8 Å². The lowest BCUT2D eigenvalue weighted by Crippen LogP contribution is -2.54. The minimum atomic E-state index is -0.0447. The second kappa shape index (κ2) is 5.35. The lowest BCUT2D eigenvalue weighted by molar-refractivity contribution is 0.191. The van der Waals surface area contributed by atoms with Crippen LogP contribution in [0.4, 0.5) is 4.79 Å². The smallest absolute Gasteiger partial charge is 0.315 e. The molecule has 2 N–H and O–H groups in total. The Morgan fingerprint density at radius 1 is 1.40 bits per heavy atom. The molecule has 0 unspecified atom stereocenters. The third-order valence-electron chi connectivity index (χ3n) is 4.33. The summed E-state index contributed by atoms with van der Waals surface area (Å²) in [4.78, 5) is 11.8. The van der Waals surface area contributed by atoms with E-state index >= 15 is 0 Å². The SMILES string of the molecule is CC1(NC(=O)NCCc2ccc3c(c2)CCO3)CCC1. The molecule has 1 aliphatic carbocycles. The van der Waals surface area contributed by atoms with Crippen molar-refractivity contribution >= 4 is 6.03 Å². The molecule has 3 rings (SSSR count). The van der Waals surface area contributed by atoms with Crippen molar-refractivity contribution in [1.29, 1.82) is 0 Å². The summed E-state index contributed by atoms with van der Waals surface area (Å²) in [5.74, 6) is 1.01. The molecule has 0 atom stereocenters. The minimum Gasteiger partial charge on any atom is -0.493 e. The molecule has 0 aromatic heterocycles. The zero-order chi connectivity index (χ0) is 14.0. The van der Waals surface area contributed by atoms with E-state index in [1.54, 1.807) is 0 Å². The fourth-order valence-electron chi connectivity index (χ4n) is 2.87. The predicted molar refractivity (Wildman–Crippen MR) is 78.1 cm³/mol. The normalized spacial score (nSPS) is 18.6. The molecule has 4 nitrogen and oxygen atoms in total. The van der Waals surface area contributed by atoms with Crippen LogP contribution < -0.4 is 15.4 Å². The summed E-state index contributed by atoms with van der Waals surface area (Å²) in [7, 11) is 0. The van der Waals surface area contributed by atoms with Crippen molar-refractivity contribution in [3.05, 3.63) is 29.3 Å². The Balaban J connectivity index is 1.44. The second-order valence-corrected chi connectivity index (χ2v) is 6.09. The topological polar surface area (TPSA) is 50.4 Å². The van der Waals surface area contributed by atoms with Crippen LogP contribution >= 0.6 is 0 Å². The summed E-state index contributed by atoms with van der Waals surface area (Å²) < 4.78 is 5.49. The summed E-state index contributed by atoms with van der Waals surface area (Å²) in [5, 5.41) is 5.99. The van der Waals surface area contributed by atoms with Gasteiger partial charge in [-0.2, -0.15) is 0 Å². The van der Waals surface area contributed by atoms with Crippen LogP contribution in [0, 0.1) is 0 Å². The van der Waals surface area contributed by atoms with Crippen LogP contribution in [0.1, 0.15) is 37.3 Å². The first-order chi connectivity index (χ1) is 9.65. The molecular weight excluding hydrogens is 252 g/mol. The Hall–Kier alpha value is -1.71. The van der Waals surface area contributed by atoms with Crippen molar-refractivity contribution in [2.45, 2.75) is 44.6 Å². The molecule has 2 aliphatic rings. The molecule has 0 saturated heterocycles. The highest BCUT2D eigenvalue weighted by Gasteiger charge is 2.32. The van der Waals surface area contributed by atoms with Crippen molar-refractivity contribution < 1.29 is 9.53 Å². The van der Waals surface area contributed by atoms with E-state index in [-0.39, 0.29) is 11.6 Å². The van der Waals surface area contributed by atoms with E-state index in [4.69, 9.17) is 4.74 Å². The van der Waals surface area contributed by atoms with Crippen molar-refractivity contribution in [1.82, 2.24) is 10.6 Å². The van der Waals surface area contributed by atoms with E-state index in [0.29, 0.717) is 6.54 Å². The number of benzene rings is 1. The van der Waals surface area contributed by atoms with Crippen molar-refractivity contribution in [3.63, 3.8) is 0 Å². The van der Waals surface area contributed by atoms with Crippen LogP contribution in [-0.4, -0.2) is 24.7 Å². The van der Waals surface area contributed by atoms with Crippen LogP contribution in [0.15, 0.2) is 18.2 Å². The summed E-state index contributed by atoms with van der Waals surface area (Å²) >= 11 is 0. The fourth-order valence-corrected chi connectivity index (χ4v) is 2.87. The predicted octanol–water partition coefficient (Wildman–Crippen LogP) is 2.41. The highest BCUT2D eigenvalue weighted by atomic mass is 16.5. The molecule has 1 aromatic carbocycles. The molecule has 4 heteroatoms. The number of rotatable bonds is 4. The number of carbonyl (C=O) groups is 1. The van der Waals surface area contributed by atoms with Gasteiger partial charge in [-0.25, -0.2) is 4.79 Å². The highest BCUT2D eigenvalue weighted by Crippen LogP contribution is 2.30. The van der Waals surface area contributed by atoms with E-state index in [9.17, 15) is 4.79 Å². The van der Waals surface area contributed by atoms with Gasteiger partial charge in [0.15, 0.2) is 0 Å². The first-order valence-electron chi connectivity index (χ1n) is 7.45. The second-order valence-electron chi connectivity index (χ2n) is 6.09. The van der Waals surface area contributed by atoms with Gasteiger partial charge in [0.05, 0.1) is 6.61 Å². The maximum Gasteiger partial charge on any atom is 0.315 e. The van der Waals surface area contributed by atoms with Gasteiger partial charge in [0.2, 0.25) is 0 Å². The van der Waals surface area contributed by atoms with E-state index in [1.165, 1.54) is 17.5 Å². The fraction of sp³-hybridized carbons (Fsp3) is 0.562. The molecule has 1 fully saturated rings. The van der Waals surface area contributed by atoms with Gasteiger partial charge in [-0.3, -0.25) is 0 Å². The zero-order valence-electron chi connectivity index (χ0n) is 12.0. The average molecular weight is 274 g/mol. The molecule has 1 aromatic rings. The number of urea groups is 1. The first-order valence-corrected chi connectivity index (χ1v) is 7.45. The van der Waals surface area contributed by atoms with Gasteiger partial charge in [-0.05, 0) is 49.8 Å². The summed E-state index contributed by atoms with van der Waals surface area (Å²) in [6.45, 7) is 3.57. The Morgan fingerprint density at radius 3 is 3.00 bits per heavy atom. The van der Waals surface area contributed by atoms with Gasteiger partial charge in [0, 0.05) is 18.5 Å². The molecule has 2 amide bonds.